The van der Waals surface area contributed by atoms with Crippen molar-refractivity contribution in [1.29, 1.82) is 5.41 Å². The fourth-order valence-corrected chi connectivity index (χ4v) is 1.83. The van der Waals surface area contributed by atoms with Crippen LogP contribution in [-0.4, -0.2) is 11.6 Å². The van der Waals surface area contributed by atoms with E-state index in [0.29, 0.717) is 16.4 Å². The number of ketones is 1. The van der Waals surface area contributed by atoms with E-state index < -0.39 is 0 Å². The van der Waals surface area contributed by atoms with Crippen molar-refractivity contribution >= 4 is 34.6 Å². The van der Waals surface area contributed by atoms with Crippen LogP contribution in [0.15, 0.2) is 54.6 Å². The molecule has 0 radical (unpaired) electrons. The summed E-state index contributed by atoms with van der Waals surface area (Å²) in [6.45, 7) is 1.35. The zero-order valence-corrected chi connectivity index (χ0v) is 11.7. The molecule has 2 aromatic rings. The number of rotatable bonds is 4. The molecule has 5 heteroatoms. The van der Waals surface area contributed by atoms with Gasteiger partial charge < -0.3 is 0 Å². The SMILES string of the molecule is CC(=O)C(=N)N(Nc1ccccc1Cl)c1ccccc1. The van der Waals surface area contributed by atoms with E-state index in [1.807, 2.05) is 30.3 Å². The number of halogens is 1. The van der Waals surface area contributed by atoms with Crippen molar-refractivity contribution in [2.24, 2.45) is 0 Å². The normalized spacial score (nSPS) is 9.90. The van der Waals surface area contributed by atoms with E-state index in [-0.39, 0.29) is 11.6 Å². The third kappa shape index (κ3) is 3.16. The molecule has 0 aliphatic heterocycles. The van der Waals surface area contributed by atoms with Crippen LogP contribution in [0, 0.1) is 5.41 Å². The molecular weight excluding hydrogens is 274 g/mol. The molecule has 102 valence electrons. The maximum absolute atomic E-state index is 11.5. The summed E-state index contributed by atoms with van der Waals surface area (Å²) in [5.41, 5.74) is 4.32. The number of para-hydroxylation sites is 2. The Morgan fingerprint density at radius 2 is 1.70 bits per heavy atom. The van der Waals surface area contributed by atoms with Gasteiger partial charge in [-0.15, -0.1) is 0 Å². The van der Waals surface area contributed by atoms with Crippen LogP contribution in [0.1, 0.15) is 6.92 Å². The highest BCUT2D eigenvalue weighted by Crippen LogP contribution is 2.23. The Labute approximate surface area is 122 Å². The van der Waals surface area contributed by atoms with E-state index in [2.05, 4.69) is 5.43 Å². The van der Waals surface area contributed by atoms with Gasteiger partial charge in [-0.3, -0.25) is 15.6 Å². The second kappa shape index (κ2) is 6.21. The predicted molar refractivity (Wildman–Crippen MR) is 82.4 cm³/mol. The molecule has 0 heterocycles. The van der Waals surface area contributed by atoms with E-state index in [0.717, 1.165) is 0 Å². The van der Waals surface area contributed by atoms with E-state index in [9.17, 15) is 4.79 Å². The van der Waals surface area contributed by atoms with Gasteiger partial charge in [-0.05, 0) is 24.3 Å². The largest absolute Gasteiger partial charge is 0.291 e. The number of Topliss-reactive ketones (excluding diaryl/α,β-unsaturated/α-hetero) is 1. The smallest absolute Gasteiger partial charge is 0.196 e. The number of benzene rings is 2. The molecule has 2 N–H and O–H groups in total. The first-order valence-electron chi connectivity index (χ1n) is 6.05. The number of nitrogens with one attached hydrogen (secondary N) is 2. The van der Waals surface area contributed by atoms with Gasteiger partial charge in [-0.25, -0.2) is 5.01 Å². The Balaban J connectivity index is 2.36. The zero-order chi connectivity index (χ0) is 14.5. The number of hydrogen-bond donors (Lipinski definition) is 2. The second-order valence-corrected chi connectivity index (χ2v) is 4.57. The molecular formula is C15H14ClN3O. The third-order valence-corrected chi connectivity index (χ3v) is 3.01. The molecule has 0 bridgehead atoms. The minimum atomic E-state index is -0.339. The average molecular weight is 288 g/mol. The molecule has 2 rings (SSSR count). The van der Waals surface area contributed by atoms with E-state index in [1.165, 1.54) is 11.9 Å². The Hall–Kier alpha value is -2.33. The third-order valence-electron chi connectivity index (χ3n) is 2.68. The van der Waals surface area contributed by atoms with Crippen molar-refractivity contribution in [3.63, 3.8) is 0 Å². The first kappa shape index (κ1) is 14.1. The van der Waals surface area contributed by atoms with Crippen LogP contribution >= 0.6 is 11.6 Å². The number of amidine groups is 1. The van der Waals surface area contributed by atoms with Gasteiger partial charge in [0.15, 0.2) is 11.6 Å². The lowest BCUT2D eigenvalue weighted by atomic mass is 10.3. The lowest BCUT2D eigenvalue weighted by Crippen LogP contribution is -2.39. The van der Waals surface area contributed by atoms with Gasteiger partial charge in [0.2, 0.25) is 0 Å². The molecule has 20 heavy (non-hydrogen) atoms. The second-order valence-electron chi connectivity index (χ2n) is 4.17. The molecule has 0 fully saturated rings. The summed E-state index contributed by atoms with van der Waals surface area (Å²) in [5.74, 6) is -0.496. The number of nitrogens with zero attached hydrogens (tertiary/aromatic N) is 1. The number of hydrogen-bond acceptors (Lipinski definition) is 3. The molecule has 0 amide bonds. The van der Waals surface area contributed by atoms with Crippen LogP contribution < -0.4 is 10.4 Å². The molecule has 0 unspecified atom stereocenters. The van der Waals surface area contributed by atoms with E-state index in [1.54, 1.807) is 24.3 Å². The number of anilines is 2. The van der Waals surface area contributed by atoms with Crippen molar-refractivity contribution in [2.75, 3.05) is 10.4 Å². The molecule has 0 aromatic heterocycles. The average Bonchev–Trinajstić information content (AvgIpc) is 2.46. The lowest BCUT2D eigenvalue weighted by Gasteiger charge is -2.25. The first-order valence-corrected chi connectivity index (χ1v) is 6.43. The molecule has 0 spiro atoms. The molecule has 0 aliphatic carbocycles. The highest BCUT2D eigenvalue weighted by atomic mass is 35.5. The lowest BCUT2D eigenvalue weighted by molar-refractivity contribution is -0.111. The number of carbonyl (C=O) groups is 1. The van der Waals surface area contributed by atoms with Gasteiger partial charge in [0.05, 0.1) is 16.4 Å². The van der Waals surface area contributed by atoms with Crippen molar-refractivity contribution in [1.82, 2.24) is 0 Å². The van der Waals surface area contributed by atoms with Gasteiger partial charge >= 0.3 is 0 Å². The van der Waals surface area contributed by atoms with Crippen molar-refractivity contribution in [3.05, 3.63) is 59.6 Å². The standard InChI is InChI=1S/C15H14ClN3O/c1-11(20)15(17)19(12-7-3-2-4-8-12)18-14-10-6-5-9-13(14)16/h2-10,17-18H,1H3. The maximum atomic E-state index is 11.5. The summed E-state index contributed by atoms with van der Waals surface area (Å²) < 4.78 is 0. The Kier molecular flexibility index (Phi) is 4.38. The first-order chi connectivity index (χ1) is 9.59. The van der Waals surface area contributed by atoms with Crippen LogP contribution in [0.3, 0.4) is 0 Å². The summed E-state index contributed by atoms with van der Waals surface area (Å²) in [4.78, 5) is 11.5. The monoisotopic (exact) mass is 287 g/mol. The van der Waals surface area contributed by atoms with Gasteiger partial charge in [0, 0.05) is 6.92 Å². The highest BCUT2D eigenvalue weighted by Gasteiger charge is 2.16. The Morgan fingerprint density at radius 3 is 2.30 bits per heavy atom. The molecule has 4 nitrogen and oxygen atoms in total. The summed E-state index contributed by atoms with van der Waals surface area (Å²) in [6, 6.07) is 16.3. The quantitative estimate of drug-likeness (QED) is 0.512. The molecule has 0 aliphatic rings. The summed E-state index contributed by atoms with van der Waals surface area (Å²) in [6.07, 6.45) is 0. The summed E-state index contributed by atoms with van der Waals surface area (Å²) in [7, 11) is 0. The van der Waals surface area contributed by atoms with Gasteiger partial charge in [-0.2, -0.15) is 0 Å². The molecule has 2 aromatic carbocycles. The fraction of sp³-hybridized carbons (Fsp3) is 0.0667. The van der Waals surface area contributed by atoms with Crippen LogP contribution in [0.25, 0.3) is 0 Å². The molecule has 0 saturated heterocycles. The fourth-order valence-electron chi connectivity index (χ4n) is 1.66. The topological polar surface area (TPSA) is 56.2 Å². The van der Waals surface area contributed by atoms with Crippen molar-refractivity contribution < 1.29 is 4.79 Å². The van der Waals surface area contributed by atoms with Crippen LogP contribution in [0.2, 0.25) is 5.02 Å². The Morgan fingerprint density at radius 1 is 1.10 bits per heavy atom. The zero-order valence-electron chi connectivity index (χ0n) is 10.9. The number of carbonyl (C=O) groups excluding carboxylic acids is 1. The predicted octanol–water partition coefficient (Wildman–Crippen LogP) is 3.74. The van der Waals surface area contributed by atoms with Gasteiger partial charge in [0.25, 0.3) is 0 Å². The summed E-state index contributed by atoms with van der Waals surface area (Å²) >= 11 is 6.10. The van der Waals surface area contributed by atoms with E-state index in [4.69, 9.17) is 17.0 Å². The van der Waals surface area contributed by atoms with Crippen molar-refractivity contribution in [2.45, 2.75) is 6.92 Å². The van der Waals surface area contributed by atoms with Gasteiger partial charge in [0.1, 0.15) is 0 Å². The molecule has 0 atom stereocenters. The van der Waals surface area contributed by atoms with E-state index >= 15 is 0 Å². The maximum Gasteiger partial charge on any atom is 0.196 e. The minimum Gasteiger partial charge on any atom is -0.291 e. The van der Waals surface area contributed by atoms with Crippen molar-refractivity contribution in [3.8, 4) is 0 Å². The number of hydrazine groups is 1. The highest BCUT2D eigenvalue weighted by molar-refractivity contribution is 6.42. The molecule has 0 saturated carbocycles. The van der Waals surface area contributed by atoms with Crippen LogP contribution in [-0.2, 0) is 4.79 Å². The summed E-state index contributed by atoms with van der Waals surface area (Å²) in [5, 5.41) is 9.85. The minimum absolute atomic E-state index is 0.156. The Bertz CT molecular complexity index is 628. The van der Waals surface area contributed by atoms with Gasteiger partial charge in [-0.1, -0.05) is 41.9 Å². The van der Waals surface area contributed by atoms with Crippen LogP contribution in [0.4, 0.5) is 11.4 Å². The van der Waals surface area contributed by atoms with Crippen LogP contribution in [0.5, 0.6) is 0 Å².